The Morgan fingerprint density at radius 1 is 0.780 bits per heavy atom. The summed E-state index contributed by atoms with van der Waals surface area (Å²) in [5, 5.41) is 15.4. The Hall–Kier alpha value is -4.52. The second-order valence-electron chi connectivity index (χ2n) is 10.3. The minimum absolute atomic E-state index is 0.340. The van der Waals surface area contributed by atoms with Gasteiger partial charge in [0.2, 0.25) is 0 Å². The number of rotatable bonds is 10. The third-order valence-corrected chi connectivity index (χ3v) is 7.47. The molecule has 6 rings (SSSR count). The van der Waals surface area contributed by atoms with E-state index in [1.807, 2.05) is 43.3 Å². The number of aliphatic hydroxyl groups excluding tert-OH is 1. The predicted molar refractivity (Wildman–Crippen MR) is 165 cm³/mol. The zero-order valence-corrected chi connectivity index (χ0v) is 23.4. The number of aliphatic hydroxyl groups is 1. The van der Waals surface area contributed by atoms with Crippen LogP contribution >= 0.6 is 0 Å². The average Bonchev–Trinajstić information content (AvgIpc) is 3.38. The number of ether oxygens (including phenoxy) is 1. The van der Waals surface area contributed by atoms with Crippen molar-refractivity contribution in [2.75, 3.05) is 11.9 Å². The summed E-state index contributed by atoms with van der Waals surface area (Å²) in [4.78, 5) is 10.3. The number of hydrogen-bond donors (Lipinski definition) is 2. The standard InChI is InChI=1S/C35H34N4O2/c1-3-41-24-31-37-32-33(39(31)23-25(2)40)29-21-13-14-22-30(29)36-34(32)38-35(26-15-7-4-8-16-26,27-17-9-5-10-18-27)28-19-11-6-12-20-28/h4-22,25,40H,3,23-24H2,1-2H3,(H,36,38). The fourth-order valence-electron chi connectivity index (χ4n) is 5.69. The van der Waals surface area contributed by atoms with Crippen molar-refractivity contribution in [1.29, 1.82) is 0 Å². The van der Waals surface area contributed by atoms with Crippen molar-refractivity contribution in [2.24, 2.45) is 0 Å². The normalized spacial score (nSPS) is 12.6. The van der Waals surface area contributed by atoms with Crippen molar-refractivity contribution in [1.82, 2.24) is 14.5 Å². The molecule has 0 saturated carbocycles. The van der Waals surface area contributed by atoms with Crippen molar-refractivity contribution in [2.45, 2.75) is 38.6 Å². The summed E-state index contributed by atoms with van der Waals surface area (Å²) < 4.78 is 7.91. The monoisotopic (exact) mass is 542 g/mol. The summed E-state index contributed by atoms with van der Waals surface area (Å²) in [7, 11) is 0. The lowest BCUT2D eigenvalue weighted by atomic mass is 9.77. The van der Waals surface area contributed by atoms with E-state index in [1.165, 1.54) is 0 Å². The molecule has 2 heterocycles. The van der Waals surface area contributed by atoms with E-state index >= 15 is 0 Å². The molecule has 0 bridgehead atoms. The molecule has 0 fully saturated rings. The number of hydrogen-bond acceptors (Lipinski definition) is 5. The number of fused-ring (bicyclic) bond motifs is 3. The maximum atomic E-state index is 10.5. The van der Waals surface area contributed by atoms with Crippen LogP contribution in [0.5, 0.6) is 0 Å². The summed E-state index contributed by atoms with van der Waals surface area (Å²) in [5.74, 6) is 1.42. The summed E-state index contributed by atoms with van der Waals surface area (Å²) in [6, 6.07) is 39.5. The minimum atomic E-state index is -0.764. The number of nitrogens with zero attached hydrogens (tertiary/aromatic N) is 3. The number of imidazole rings is 1. The van der Waals surface area contributed by atoms with Gasteiger partial charge in [-0.1, -0.05) is 109 Å². The third kappa shape index (κ3) is 4.97. The highest BCUT2D eigenvalue weighted by Crippen LogP contribution is 2.42. The average molecular weight is 543 g/mol. The number of anilines is 1. The molecular formula is C35H34N4O2. The molecule has 0 spiro atoms. The van der Waals surface area contributed by atoms with E-state index in [0.717, 1.165) is 44.5 Å². The number of benzene rings is 4. The smallest absolute Gasteiger partial charge is 0.156 e. The van der Waals surface area contributed by atoms with Crippen LogP contribution in [0.4, 0.5) is 5.82 Å². The largest absolute Gasteiger partial charge is 0.392 e. The van der Waals surface area contributed by atoms with E-state index in [2.05, 4.69) is 88.7 Å². The van der Waals surface area contributed by atoms with Crippen LogP contribution in [-0.2, 0) is 23.4 Å². The zero-order valence-electron chi connectivity index (χ0n) is 23.4. The van der Waals surface area contributed by atoms with Gasteiger partial charge in [-0.25, -0.2) is 9.97 Å². The van der Waals surface area contributed by atoms with E-state index in [4.69, 9.17) is 14.7 Å². The van der Waals surface area contributed by atoms with Gasteiger partial charge in [-0.2, -0.15) is 0 Å². The van der Waals surface area contributed by atoms with Crippen LogP contribution in [0.1, 0.15) is 36.4 Å². The summed E-state index contributed by atoms with van der Waals surface area (Å²) >= 11 is 0. The number of aromatic nitrogens is 3. The number of nitrogens with one attached hydrogen (secondary N) is 1. The molecule has 2 N–H and O–H groups in total. The third-order valence-electron chi connectivity index (χ3n) is 7.47. The van der Waals surface area contributed by atoms with Gasteiger partial charge in [0, 0.05) is 12.0 Å². The molecule has 206 valence electrons. The van der Waals surface area contributed by atoms with Crippen LogP contribution in [0.15, 0.2) is 115 Å². The Bertz CT molecular complexity index is 1650. The predicted octanol–water partition coefficient (Wildman–Crippen LogP) is 6.91. The fraction of sp³-hybridized carbons (Fsp3) is 0.200. The second-order valence-corrected chi connectivity index (χ2v) is 10.3. The molecule has 0 amide bonds. The lowest BCUT2D eigenvalue weighted by molar-refractivity contribution is 0.121. The molecule has 0 aliphatic rings. The van der Waals surface area contributed by atoms with Crippen LogP contribution < -0.4 is 5.32 Å². The number of para-hydroxylation sites is 1. The highest BCUT2D eigenvalue weighted by Gasteiger charge is 2.37. The topological polar surface area (TPSA) is 72.2 Å². The van der Waals surface area contributed by atoms with E-state index in [0.29, 0.717) is 25.6 Å². The van der Waals surface area contributed by atoms with Crippen molar-refractivity contribution in [3.63, 3.8) is 0 Å². The number of pyridine rings is 1. The van der Waals surface area contributed by atoms with Crippen molar-refractivity contribution in [3.8, 4) is 0 Å². The zero-order chi connectivity index (χ0) is 28.2. The first-order chi connectivity index (χ1) is 20.1. The van der Waals surface area contributed by atoms with Crippen LogP contribution in [-0.4, -0.2) is 32.4 Å². The molecule has 1 atom stereocenters. The first-order valence-corrected chi connectivity index (χ1v) is 14.1. The first kappa shape index (κ1) is 26.7. The molecule has 0 saturated heterocycles. The Morgan fingerprint density at radius 2 is 1.32 bits per heavy atom. The van der Waals surface area contributed by atoms with Crippen molar-refractivity contribution in [3.05, 3.63) is 138 Å². The summed E-state index contributed by atoms with van der Waals surface area (Å²) in [6.45, 7) is 5.07. The van der Waals surface area contributed by atoms with Gasteiger partial charge in [0.25, 0.3) is 0 Å². The van der Waals surface area contributed by atoms with Gasteiger partial charge in [0.15, 0.2) is 5.82 Å². The maximum absolute atomic E-state index is 10.5. The molecule has 6 nitrogen and oxygen atoms in total. The maximum Gasteiger partial charge on any atom is 0.156 e. The molecule has 4 aromatic carbocycles. The van der Waals surface area contributed by atoms with Crippen molar-refractivity contribution < 1.29 is 9.84 Å². The molecule has 0 radical (unpaired) electrons. The highest BCUT2D eigenvalue weighted by molar-refractivity contribution is 6.07. The van der Waals surface area contributed by atoms with E-state index in [1.54, 1.807) is 6.92 Å². The van der Waals surface area contributed by atoms with Gasteiger partial charge in [0.1, 0.15) is 23.5 Å². The molecular weight excluding hydrogens is 508 g/mol. The first-order valence-electron chi connectivity index (χ1n) is 14.1. The van der Waals surface area contributed by atoms with Gasteiger partial charge >= 0.3 is 0 Å². The SMILES string of the molecule is CCOCc1nc2c(NC(c3ccccc3)(c3ccccc3)c3ccccc3)nc3ccccc3c2n1CC(C)O. The van der Waals surface area contributed by atoms with Gasteiger partial charge < -0.3 is 19.7 Å². The summed E-state index contributed by atoms with van der Waals surface area (Å²) in [5.41, 5.74) is 5.00. The highest BCUT2D eigenvalue weighted by atomic mass is 16.5. The van der Waals surface area contributed by atoms with E-state index in [9.17, 15) is 5.11 Å². The van der Waals surface area contributed by atoms with Gasteiger partial charge in [-0.3, -0.25) is 0 Å². The summed E-state index contributed by atoms with van der Waals surface area (Å²) in [6.07, 6.45) is -0.562. The molecule has 6 aromatic rings. The molecule has 1 unspecified atom stereocenters. The fourth-order valence-corrected chi connectivity index (χ4v) is 5.69. The van der Waals surface area contributed by atoms with Crippen molar-refractivity contribution >= 4 is 27.8 Å². The Labute approximate surface area is 240 Å². The minimum Gasteiger partial charge on any atom is -0.392 e. The van der Waals surface area contributed by atoms with Crippen LogP contribution in [0.25, 0.3) is 21.9 Å². The molecule has 0 aliphatic carbocycles. The lowest BCUT2D eigenvalue weighted by Crippen LogP contribution is -2.38. The Kier molecular flexibility index (Phi) is 7.51. The van der Waals surface area contributed by atoms with E-state index < -0.39 is 11.6 Å². The van der Waals surface area contributed by atoms with E-state index in [-0.39, 0.29) is 0 Å². The Balaban J connectivity index is 1.68. The van der Waals surface area contributed by atoms with Gasteiger partial charge in [-0.05, 0) is 36.6 Å². The second kappa shape index (κ2) is 11.5. The molecule has 41 heavy (non-hydrogen) atoms. The van der Waals surface area contributed by atoms with Gasteiger partial charge in [-0.15, -0.1) is 0 Å². The lowest BCUT2D eigenvalue weighted by Gasteiger charge is -2.37. The van der Waals surface area contributed by atoms with Crippen LogP contribution in [0.2, 0.25) is 0 Å². The molecule has 0 aliphatic heterocycles. The Morgan fingerprint density at radius 3 is 1.85 bits per heavy atom. The quantitative estimate of drug-likeness (QED) is 0.184. The van der Waals surface area contributed by atoms with Crippen LogP contribution in [0, 0.1) is 0 Å². The van der Waals surface area contributed by atoms with Crippen LogP contribution in [0.3, 0.4) is 0 Å². The molecule has 6 heteroatoms. The van der Waals surface area contributed by atoms with Gasteiger partial charge in [0.05, 0.1) is 23.7 Å². The molecule has 2 aromatic heterocycles.